The van der Waals surface area contributed by atoms with Gasteiger partial charge >= 0.3 is 11.9 Å². The van der Waals surface area contributed by atoms with Gasteiger partial charge in [-0.25, -0.2) is 0 Å². The third kappa shape index (κ3) is 2.91. The van der Waals surface area contributed by atoms with Crippen LogP contribution in [0.4, 0.5) is 0 Å². The smallest absolute Gasteiger partial charge is 0.317 e. The summed E-state index contributed by atoms with van der Waals surface area (Å²) in [6.45, 7) is 0. The maximum absolute atomic E-state index is 12.8. The predicted molar refractivity (Wildman–Crippen MR) is 95.6 cm³/mol. The Morgan fingerprint density at radius 1 is 0.731 bits per heavy atom. The van der Waals surface area contributed by atoms with Crippen LogP contribution in [0.15, 0.2) is 72.8 Å². The number of hydrogen-bond donors (Lipinski definition) is 0. The molecule has 0 aromatic heterocycles. The van der Waals surface area contributed by atoms with Gasteiger partial charge in [0.05, 0.1) is 11.8 Å². The lowest BCUT2D eigenvalue weighted by Crippen LogP contribution is -2.40. The summed E-state index contributed by atoms with van der Waals surface area (Å²) in [5, 5.41) is 0. The van der Waals surface area contributed by atoms with Crippen LogP contribution in [0.25, 0.3) is 0 Å². The van der Waals surface area contributed by atoms with E-state index in [1.165, 1.54) is 0 Å². The normalized spacial score (nSPS) is 26.7. The van der Waals surface area contributed by atoms with Crippen molar-refractivity contribution in [1.82, 2.24) is 4.90 Å². The summed E-state index contributed by atoms with van der Waals surface area (Å²) in [5.41, 5.74) is 0. The Morgan fingerprint density at radius 3 is 1.50 bits per heavy atom. The molecule has 2 aliphatic rings. The molecule has 5 heteroatoms. The standard InChI is InChI=1S/C21H19NO4/c1-22-16-12-13-17(22)19(21(24)26-15-10-6-3-7-11-15)18(16)20(23)25-14-8-4-2-5-9-14/h2-13,16-19H,1H3. The molecule has 2 aromatic rings. The summed E-state index contributed by atoms with van der Waals surface area (Å²) in [4.78, 5) is 27.7. The molecule has 0 spiro atoms. The molecule has 2 bridgehead atoms. The average molecular weight is 349 g/mol. The lowest BCUT2D eigenvalue weighted by molar-refractivity contribution is -0.149. The highest BCUT2D eigenvalue weighted by Crippen LogP contribution is 2.42. The van der Waals surface area contributed by atoms with E-state index < -0.39 is 23.8 Å². The van der Waals surface area contributed by atoms with E-state index >= 15 is 0 Å². The molecule has 0 radical (unpaired) electrons. The largest absolute Gasteiger partial charge is 0.426 e. The number of carbonyl (C=O) groups excluding carboxylic acids is 2. The third-order valence-corrected chi connectivity index (χ3v) is 5.04. The second kappa shape index (κ2) is 6.77. The van der Waals surface area contributed by atoms with E-state index in [1.807, 2.05) is 36.2 Å². The summed E-state index contributed by atoms with van der Waals surface area (Å²) < 4.78 is 11.0. The maximum Gasteiger partial charge on any atom is 0.317 e. The topological polar surface area (TPSA) is 55.8 Å². The van der Waals surface area contributed by atoms with Crippen LogP contribution in [0.3, 0.4) is 0 Å². The van der Waals surface area contributed by atoms with Crippen LogP contribution >= 0.6 is 0 Å². The number of para-hydroxylation sites is 2. The highest BCUT2D eigenvalue weighted by molar-refractivity contribution is 5.87. The number of nitrogens with zero attached hydrogens (tertiary/aromatic N) is 1. The van der Waals surface area contributed by atoms with E-state index in [4.69, 9.17) is 9.47 Å². The molecule has 0 saturated carbocycles. The number of carbonyl (C=O) groups is 2. The van der Waals surface area contributed by atoms with E-state index in [-0.39, 0.29) is 12.1 Å². The molecule has 1 fully saturated rings. The number of ether oxygens (including phenoxy) is 2. The molecule has 0 aliphatic carbocycles. The Bertz CT molecular complexity index is 764. The van der Waals surface area contributed by atoms with Crippen LogP contribution in [0, 0.1) is 11.8 Å². The molecule has 4 rings (SSSR count). The molecule has 26 heavy (non-hydrogen) atoms. The molecule has 5 nitrogen and oxygen atoms in total. The first-order valence-corrected chi connectivity index (χ1v) is 8.59. The summed E-state index contributed by atoms with van der Waals surface area (Å²) in [7, 11) is 1.91. The predicted octanol–water partition coefficient (Wildman–Crippen LogP) is 2.68. The van der Waals surface area contributed by atoms with E-state index in [2.05, 4.69) is 0 Å². The van der Waals surface area contributed by atoms with Crippen LogP contribution in [-0.2, 0) is 9.59 Å². The molecule has 0 N–H and O–H groups in total. The number of hydrogen-bond acceptors (Lipinski definition) is 5. The summed E-state index contributed by atoms with van der Waals surface area (Å²) >= 11 is 0. The minimum Gasteiger partial charge on any atom is -0.426 e. The number of fused-ring (bicyclic) bond motifs is 2. The van der Waals surface area contributed by atoms with E-state index in [0.717, 1.165) is 0 Å². The van der Waals surface area contributed by atoms with Crippen LogP contribution in [0.5, 0.6) is 11.5 Å². The van der Waals surface area contributed by atoms with Gasteiger partial charge in [0.25, 0.3) is 0 Å². The summed E-state index contributed by atoms with van der Waals surface area (Å²) in [5.74, 6) is -1.05. The second-order valence-electron chi connectivity index (χ2n) is 6.55. The Hall–Kier alpha value is -2.92. The minimum atomic E-state index is -0.591. The molecular formula is C21H19NO4. The second-order valence-corrected chi connectivity index (χ2v) is 6.55. The molecule has 132 valence electrons. The first-order chi connectivity index (χ1) is 12.6. The van der Waals surface area contributed by atoms with Gasteiger partial charge in [0, 0.05) is 12.1 Å². The number of benzene rings is 2. The van der Waals surface area contributed by atoms with Gasteiger partial charge in [-0.3, -0.25) is 14.5 Å². The highest BCUT2D eigenvalue weighted by Gasteiger charge is 2.56. The van der Waals surface area contributed by atoms with Gasteiger partial charge in [-0.2, -0.15) is 0 Å². The van der Waals surface area contributed by atoms with Crippen molar-refractivity contribution in [2.45, 2.75) is 12.1 Å². The molecule has 2 aromatic carbocycles. The third-order valence-electron chi connectivity index (χ3n) is 5.04. The lowest BCUT2D eigenvalue weighted by Gasteiger charge is -2.23. The van der Waals surface area contributed by atoms with E-state index in [1.54, 1.807) is 48.5 Å². The van der Waals surface area contributed by atoms with Gasteiger partial charge in [0.2, 0.25) is 0 Å². The summed E-state index contributed by atoms with van der Waals surface area (Å²) in [6.07, 6.45) is 3.93. The fourth-order valence-electron chi connectivity index (χ4n) is 3.79. The zero-order valence-electron chi connectivity index (χ0n) is 14.3. The molecule has 4 unspecified atom stereocenters. The van der Waals surface area contributed by atoms with E-state index in [9.17, 15) is 9.59 Å². The molecule has 4 atom stereocenters. The van der Waals surface area contributed by atoms with Crippen LogP contribution in [0.2, 0.25) is 0 Å². The van der Waals surface area contributed by atoms with Gasteiger partial charge in [-0.05, 0) is 31.3 Å². The van der Waals surface area contributed by atoms with Gasteiger partial charge in [0.1, 0.15) is 11.5 Å². The number of esters is 2. The van der Waals surface area contributed by atoms with Crippen molar-refractivity contribution in [1.29, 1.82) is 0 Å². The molecule has 1 saturated heterocycles. The van der Waals surface area contributed by atoms with Crippen molar-refractivity contribution in [2.24, 2.45) is 11.8 Å². The minimum absolute atomic E-state index is 0.162. The molecular weight excluding hydrogens is 330 g/mol. The van der Waals surface area contributed by atoms with Crippen molar-refractivity contribution in [3.8, 4) is 11.5 Å². The fourth-order valence-corrected chi connectivity index (χ4v) is 3.79. The average Bonchev–Trinajstić information content (AvgIpc) is 3.16. The van der Waals surface area contributed by atoms with Gasteiger partial charge in [0.15, 0.2) is 0 Å². The number of likely N-dealkylation sites (N-methyl/N-ethyl adjacent to an activating group) is 1. The molecule has 2 heterocycles. The Balaban J connectivity index is 1.56. The van der Waals surface area contributed by atoms with Crippen molar-refractivity contribution < 1.29 is 19.1 Å². The lowest BCUT2D eigenvalue weighted by atomic mass is 9.83. The monoisotopic (exact) mass is 349 g/mol. The highest BCUT2D eigenvalue weighted by atomic mass is 16.5. The van der Waals surface area contributed by atoms with Crippen molar-refractivity contribution in [2.75, 3.05) is 7.05 Å². The SMILES string of the molecule is CN1C2C=CC1C(C(=O)Oc1ccccc1)C2C(=O)Oc1ccccc1. The zero-order valence-corrected chi connectivity index (χ0v) is 14.3. The van der Waals surface area contributed by atoms with Crippen molar-refractivity contribution in [3.05, 3.63) is 72.8 Å². The summed E-state index contributed by atoms with van der Waals surface area (Å²) in [6, 6.07) is 17.5. The Labute approximate surface area is 151 Å². The van der Waals surface area contributed by atoms with Gasteiger partial charge in [-0.15, -0.1) is 0 Å². The van der Waals surface area contributed by atoms with Crippen molar-refractivity contribution >= 4 is 11.9 Å². The first-order valence-electron chi connectivity index (χ1n) is 8.59. The molecule has 0 amide bonds. The maximum atomic E-state index is 12.8. The molecule has 2 aliphatic heterocycles. The Kier molecular flexibility index (Phi) is 4.31. The van der Waals surface area contributed by atoms with E-state index in [0.29, 0.717) is 11.5 Å². The van der Waals surface area contributed by atoms with Crippen LogP contribution in [-0.4, -0.2) is 36.0 Å². The number of rotatable bonds is 4. The van der Waals surface area contributed by atoms with Crippen LogP contribution in [0.1, 0.15) is 0 Å². The quantitative estimate of drug-likeness (QED) is 0.483. The van der Waals surface area contributed by atoms with Crippen LogP contribution < -0.4 is 9.47 Å². The van der Waals surface area contributed by atoms with Gasteiger partial charge in [-0.1, -0.05) is 48.6 Å². The van der Waals surface area contributed by atoms with Gasteiger partial charge < -0.3 is 9.47 Å². The van der Waals surface area contributed by atoms with Crippen molar-refractivity contribution in [3.63, 3.8) is 0 Å². The first kappa shape index (κ1) is 16.5. The fraction of sp³-hybridized carbons (Fsp3) is 0.238. The zero-order chi connectivity index (χ0) is 18.1. The Morgan fingerprint density at radius 2 is 1.12 bits per heavy atom.